The van der Waals surface area contributed by atoms with Gasteiger partial charge in [0.15, 0.2) is 0 Å². The van der Waals surface area contributed by atoms with Crippen LogP contribution in [-0.2, 0) is 9.53 Å². The first-order chi connectivity index (χ1) is 8.51. The molecule has 0 amide bonds. The van der Waals surface area contributed by atoms with E-state index in [1.807, 2.05) is 0 Å². The molecule has 6 heteroatoms. The number of pyridine rings is 1. The van der Waals surface area contributed by atoms with Crippen molar-refractivity contribution < 1.29 is 19.4 Å². The third kappa shape index (κ3) is 2.97. The van der Waals surface area contributed by atoms with Crippen LogP contribution in [-0.4, -0.2) is 42.2 Å². The van der Waals surface area contributed by atoms with Crippen LogP contribution in [0.4, 0.5) is 5.69 Å². The van der Waals surface area contributed by atoms with E-state index in [1.54, 1.807) is 24.9 Å². The quantitative estimate of drug-likeness (QED) is 0.792. The third-order valence-corrected chi connectivity index (χ3v) is 2.68. The minimum atomic E-state index is -0.906. The molecule has 0 bridgehead atoms. The zero-order chi connectivity index (χ0) is 13.7. The number of anilines is 1. The van der Waals surface area contributed by atoms with Crippen LogP contribution in [0.5, 0.6) is 0 Å². The highest BCUT2D eigenvalue weighted by Gasteiger charge is 2.21. The molecule has 1 aromatic heterocycles. The van der Waals surface area contributed by atoms with Crippen molar-refractivity contribution in [2.24, 2.45) is 0 Å². The summed E-state index contributed by atoms with van der Waals surface area (Å²) in [4.78, 5) is 27.9. The Hall–Kier alpha value is -2.11. The molecule has 1 N–H and O–H groups in total. The summed E-state index contributed by atoms with van der Waals surface area (Å²) >= 11 is 0. The summed E-state index contributed by atoms with van der Waals surface area (Å²) in [5.41, 5.74) is 0.766. The molecular formula is C12H16N2O4. The minimum Gasteiger partial charge on any atom is -0.480 e. The molecule has 0 aliphatic carbocycles. The molecule has 0 fully saturated rings. The summed E-state index contributed by atoms with van der Waals surface area (Å²) in [6, 6.07) is 2.52. The van der Waals surface area contributed by atoms with Gasteiger partial charge >= 0.3 is 11.9 Å². The van der Waals surface area contributed by atoms with Gasteiger partial charge in [0.05, 0.1) is 7.11 Å². The zero-order valence-electron chi connectivity index (χ0n) is 10.6. The molecule has 1 atom stereocenters. The predicted octanol–water partition coefficient (Wildman–Crippen LogP) is 1.17. The smallest absolute Gasteiger partial charge is 0.356 e. The topological polar surface area (TPSA) is 79.7 Å². The first-order valence-electron chi connectivity index (χ1n) is 5.51. The second-order valence-corrected chi connectivity index (χ2v) is 3.76. The highest BCUT2D eigenvalue weighted by Crippen LogP contribution is 2.17. The Morgan fingerprint density at radius 2 is 2.22 bits per heavy atom. The van der Waals surface area contributed by atoms with Crippen LogP contribution in [0.2, 0.25) is 0 Å². The number of carbonyl (C=O) groups is 2. The number of nitrogens with zero attached hydrogens (tertiary/aromatic N) is 2. The van der Waals surface area contributed by atoms with Gasteiger partial charge in [-0.2, -0.15) is 0 Å². The van der Waals surface area contributed by atoms with E-state index in [9.17, 15) is 9.59 Å². The number of ether oxygens (including phenoxy) is 1. The van der Waals surface area contributed by atoms with Gasteiger partial charge < -0.3 is 14.7 Å². The van der Waals surface area contributed by atoms with E-state index in [1.165, 1.54) is 19.4 Å². The first kappa shape index (κ1) is 14.0. The lowest BCUT2D eigenvalue weighted by Gasteiger charge is -2.25. The number of esters is 1. The van der Waals surface area contributed by atoms with Crippen LogP contribution in [0, 0.1) is 0 Å². The summed E-state index contributed by atoms with van der Waals surface area (Å²) in [5, 5.41) is 9.08. The monoisotopic (exact) mass is 252 g/mol. The molecule has 0 aliphatic rings. The Balaban J connectivity index is 3.02. The third-order valence-electron chi connectivity index (χ3n) is 2.68. The number of aromatic nitrogens is 1. The fourth-order valence-corrected chi connectivity index (χ4v) is 1.65. The van der Waals surface area contributed by atoms with Gasteiger partial charge in [-0.25, -0.2) is 14.6 Å². The lowest BCUT2D eigenvalue weighted by molar-refractivity contribution is -0.138. The number of rotatable bonds is 5. The maximum atomic E-state index is 11.3. The van der Waals surface area contributed by atoms with Crippen LogP contribution < -0.4 is 4.90 Å². The van der Waals surface area contributed by atoms with Crippen molar-refractivity contribution in [1.82, 2.24) is 4.98 Å². The van der Waals surface area contributed by atoms with E-state index in [2.05, 4.69) is 9.72 Å². The number of methoxy groups -OCH3 is 1. The number of hydrogen-bond donors (Lipinski definition) is 1. The van der Waals surface area contributed by atoms with Gasteiger partial charge in [-0.1, -0.05) is 6.92 Å². The lowest BCUT2D eigenvalue weighted by Crippen LogP contribution is -2.38. The predicted molar refractivity (Wildman–Crippen MR) is 65.7 cm³/mol. The average Bonchev–Trinajstić information content (AvgIpc) is 2.38. The fourth-order valence-electron chi connectivity index (χ4n) is 1.65. The zero-order valence-corrected chi connectivity index (χ0v) is 10.6. The molecule has 0 aromatic carbocycles. The van der Waals surface area contributed by atoms with Crippen molar-refractivity contribution >= 4 is 17.6 Å². The van der Waals surface area contributed by atoms with E-state index in [0.29, 0.717) is 12.1 Å². The Morgan fingerprint density at radius 1 is 1.56 bits per heavy atom. The van der Waals surface area contributed by atoms with Crippen molar-refractivity contribution in [1.29, 1.82) is 0 Å². The molecule has 1 rings (SSSR count). The fraction of sp³-hybridized carbons (Fsp3) is 0.417. The van der Waals surface area contributed by atoms with E-state index in [-0.39, 0.29) is 5.69 Å². The average molecular weight is 252 g/mol. The molecule has 0 radical (unpaired) electrons. The molecule has 0 aliphatic heterocycles. The molecule has 18 heavy (non-hydrogen) atoms. The number of carbonyl (C=O) groups excluding carboxylic acids is 1. The maximum absolute atomic E-state index is 11.3. The molecule has 1 unspecified atom stereocenters. The second kappa shape index (κ2) is 6.00. The van der Waals surface area contributed by atoms with Crippen molar-refractivity contribution in [2.45, 2.75) is 19.4 Å². The van der Waals surface area contributed by atoms with Gasteiger partial charge in [0.1, 0.15) is 11.7 Å². The van der Waals surface area contributed by atoms with Gasteiger partial charge in [0.25, 0.3) is 0 Å². The number of carboxylic acids is 1. The molecule has 98 valence electrons. The summed E-state index contributed by atoms with van der Waals surface area (Å²) in [6.07, 6.45) is 1.91. The standard InChI is InChI=1S/C12H16N2O4/c1-4-10(11(15)16)14(2)8-5-6-13-9(7-8)12(17)18-3/h5-7,10H,4H2,1-3H3,(H,15,16). The largest absolute Gasteiger partial charge is 0.480 e. The maximum Gasteiger partial charge on any atom is 0.356 e. The van der Waals surface area contributed by atoms with Gasteiger partial charge in [-0.3, -0.25) is 0 Å². The van der Waals surface area contributed by atoms with Gasteiger partial charge in [-0.05, 0) is 18.6 Å². The number of likely N-dealkylation sites (N-methyl/N-ethyl adjacent to an activating group) is 1. The first-order valence-corrected chi connectivity index (χ1v) is 5.51. The van der Waals surface area contributed by atoms with Gasteiger partial charge in [0.2, 0.25) is 0 Å². The summed E-state index contributed by atoms with van der Waals surface area (Å²) in [7, 11) is 2.94. The summed E-state index contributed by atoms with van der Waals surface area (Å²) in [5.74, 6) is -1.45. The Morgan fingerprint density at radius 3 is 2.72 bits per heavy atom. The van der Waals surface area contributed by atoms with Crippen LogP contribution >= 0.6 is 0 Å². The normalized spacial score (nSPS) is 11.7. The molecule has 1 heterocycles. The van der Waals surface area contributed by atoms with E-state index < -0.39 is 18.0 Å². The number of carboxylic acid groups (broad SMARTS) is 1. The molecule has 0 saturated carbocycles. The van der Waals surface area contributed by atoms with E-state index in [4.69, 9.17) is 5.11 Å². The molecule has 1 aromatic rings. The van der Waals surface area contributed by atoms with Gasteiger partial charge in [-0.15, -0.1) is 0 Å². The molecular weight excluding hydrogens is 236 g/mol. The van der Waals surface area contributed by atoms with Gasteiger partial charge in [0, 0.05) is 18.9 Å². The molecule has 6 nitrogen and oxygen atoms in total. The Labute approximate surface area is 105 Å². The minimum absolute atomic E-state index is 0.155. The van der Waals surface area contributed by atoms with Crippen LogP contribution in [0.1, 0.15) is 23.8 Å². The number of hydrogen-bond acceptors (Lipinski definition) is 5. The SMILES string of the molecule is CCC(C(=O)O)N(C)c1ccnc(C(=O)OC)c1. The van der Waals surface area contributed by atoms with Crippen LogP contribution in [0.25, 0.3) is 0 Å². The summed E-state index contributed by atoms with van der Waals surface area (Å²) < 4.78 is 4.57. The van der Waals surface area contributed by atoms with Crippen molar-refractivity contribution in [3.63, 3.8) is 0 Å². The van der Waals surface area contributed by atoms with Crippen molar-refractivity contribution in [3.05, 3.63) is 24.0 Å². The van der Waals surface area contributed by atoms with E-state index in [0.717, 1.165) is 0 Å². The number of aliphatic carboxylic acids is 1. The molecule has 0 saturated heterocycles. The Kier molecular flexibility index (Phi) is 4.65. The Bertz CT molecular complexity index is 447. The second-order valence-electron chi connectivity index (χ2n) is 3.76. The van der Waals surface area contributed by atoms with E-state index >= 15 is 0 Å². The summed E-state index contributed by atoms with van der Waals surface area (Å²) in [6.45, 7) is 1.79. The lowest BCUT2D eigenvalue weighted by atomic mass is 10.2. The van der Waals surface area contributed by atoms with Crippen LogP contribution in [0.15, 0.2) is 18.3 Å². The highest BCUT2D eigenvalue weighted by atomic mass is 16.5. The molecule has 0 spiro atoms. The highest BCUT2D eigenvalue weighted by molar-refractivity contribution is 5.88. The van der Waals surface area contributed by atoms with Crippen molar-refractivity contribution in [2.75, 3.05) is 19.1 Å². The van der Waals surface area contributed by atoms with Crippen LogP contribution in [0.3, 0.4) is 0 Å². The van der Waals surface area contributed by atoms with Crippen molar-refractivity contribution in [3.8, 4) is 0 Å².